The number of aromatic nitrogens is 2. The van der Waals surface area contributed by atoms with Crippen molar-refractivity contribution in [3.05, 3.63) is 83.2 Å². The van der Waals surface area contributed by atoms with E-state index in [1.165, 1.54) is 17.0 Å². The number of alkyl halides is 3. The molecular formula is C27H22F6N4O2. The molecule has 1 saturated heterocycles. The molecule has 0 aliphatic carbocycles. The van der Waals surface area contributed by atoms with E-state index in [9.17, 15) is 31.1 Å². The molecule has 4 aromatic rings. The number of nitrogens with zero attached hydrogens (tertiary/aromatic N) is 3. The molecule has 1 aliphatic rings. The lowest BCUT2D eigenvalue weighted by atomic mass is 10.0. The first-order chi connectivity index (χ1) is 18.5. The Bertz CT molecular complexity index is 1510. The standard InChI is InChI=1S/C27H22F6N4O2/c28-16-11-22(29)20(23(30)12-16)14-37-25(19-4-1-5-21(24(19)35-37)27(31,32)33)15-6-8-17(9-7-15)36(26(34)38)13-18-3-2-10-39-18/h1,4-9,11-12,18H,2-3,10,13-14H2,(H2,34,38). The molecule has 1 fully saturated rings. The van der Waals surface area contributed by atoms with Gasteiger partial charge in [0.25, 0.3) is 0 Å². The summed E-state index contributed by atoms with van der Waals surface area (Å²) in [6.07, 6.45) is -3.28. The third-order valence-corrected chi connectivity index (χ3v) is 6.62. The van der Waals surface area contributed by atoms with E-state index in [1.54, 1.807) is 24.3 Å². The Kier molecular flexibility index (Phi) is 6.98. The minimum Gasteiger partial charge on any atom is -0.376 e. The van der Waals surface area contributed by atoms with Gasteiger partial charge >= 0.3 is 12.2 Å². The Morgan fingerprint density at radius 2 is 1.77 bits per heavy atom. The highest BCUT2D eigenvalue weighted by Gasteiger charge is 2.35. The van der Waals surface area contributed by atoms with E-state index in [-0.39, 0.29) is 23.7 Å². The van der Waals surface area contributed by atoms with Crippen LogP contribution in [0.4, 0.5) is 36.8 Å². The van der Waals surface area contributed by atoms with Crippen molar-refractivity contribution in [2.24, 2.45) is 5.73 Å². The number of primary amides is 1. The number of ether oxygens (including phenoxy) is 1. The Hall–Kier alpha value is -4.06. The number of carbonyl (C=O) groups is 1. The maximum Gasteiger partial charge on any atom is 0.418 e. The average molecular weight is 548 g/mol. The van der Waals surface area contributed by atoms with Crippen LogP contribution in [-0.4, -0.2) is 35.1 Å². The number of fused-ring (bicyclic) bond motifs is 1. The lowest BCUT2D eigenvalue weighted by molar-refractivity contribution is -0.136. The summed E-state index contributed by atoms with van der Waals surface area (Å²) in [5.74, 6) is -3.53. The summed E-state index contributed by atoms with van der Waals surface area (Å²) < 4.78 is 90.4. The van der Waals surface area contributed by atoms with E-state index < -0.39 is 52.8 Å². The topological polar surface area (TPSA) is 73.4 Å². The van der Waals surface area contributed by atoms with Crippen LogP contribution in [0.1, 0.15) is 24.0 Å². The van der Waals surface area contributed by atoms with Crippen molar-refractivity contribution in [1.82, 2.24) is 9.78 Å². The van der Waals surface area contributed by atoms with E-state index in [4.69, 9.17) is 10.5 Å². The van der Waals surface area contributed by atoms with Gasteiger partial charge in [-0.25, -0.2) is 18.0 Å². The Morgan fingerprint density at radius 1 is 1.08 bits per heavy atom. The number of hydrogen-bond donors (Lipinski definition) is 1. The Labute approximate surface area is 218 Å². The summed E-state index contributed by atoms with van der Waals surface area (Å²) in [5, 5.41) is 4.17. The minimum atomic E-state index is -4.74. The number of halogens is 6. The minimum absolute atomic E-state index is 0.0895. The van der Waals surface area contributed by atoms with Gasteiger partial charge in [0.05, 0.1) is 30.5 Å². The number of amides is 2. The number of carbonyl (C=O) groups excluding carboxylic acids is 1. The maximum absolute atomic E-state index is 14.5. The zero-order valence-corrected chi connectivity index (χ0v) is 20.3. The first kappa shape index (κ1) is 26.5. The highest BCUT2D eigenvalue weighted by molar-refractivity contribution is 5.96. The van der Waals surface area contributed by atoms with Crippen molar-refractivity contribution in [1.29, 1.82) is 0 Å². The molecule has 5 rings (SSSR count). The summed E-state index contributed by atoms with van der Waals surface area (Å²) in [5.41, 5.74) is 4.53. The molecule has 12 heteroatoms. The summed E-state index contributed by atoms with van der Waals surface area (Å²) in [4.78, 5) is 13.5. The van der Waals surface area contributed by atoms with Crippen LogP contribution in [0.5, 0.6) is 0 Å². The van der Waals surface area contributed by atoms with Gasteiger partial charge in [-0.05, 0) is 31.0 Å². The molecule has 0 spiro atoms. The quantitative estimate of drug-likeness (QED) is 0.290. The smallest absolute Gasteiger partial charge is 0.376 e. The predicted octanol–water partition coefficient (Wildman–Crippen LogP) is 6.25. The molecule has 1 unspecified atom stereocenters. The van der Waals surface area contributed by atoms with Crippen molar-refractivity contribution in [2.75, 3.05) is 18.1 Å². The molecule has 0 saturated carbocycles. The SMILES string of the molecule is NC(=O)N(CC1CCCO1)c1ccc(-c2c3cccc(C(F)(F)F)c3nn2Cc2c(F)cc(F)cc2F)cc1. The highest BCUT2D eigenvalue weighted by Crippen LogP contribution is 2.38. The zero-order valence-electron chi connectivity index (χ0n) is 20.3. The molecule has 1 aromatic heterocycles. The predicted molar refractivity (Wildman–Crippen MR) is 131 cm³/mol. The van der Waals surface area contributed by atoms with E-state index in [1.807, 2.05) is 0 Å². The van der Waals surface area contributed by atoms with Gasteiger partial charge in [-0.1, -0.05) is 24.3 Å². The van der Waals surface area contributed by atoms with Gasteiger partial charge in [-0.15, -0.1) is 0 Å². The molecule has 0 radical (unpaired) electrons. The van der Waals surface area contributed by atoms with Crippen LogP contribution in [0.15, 0.2) is 54.6 Å². The second-order valence-corrected chi connectivity index (χ2v) is 9.18. The van der Waals surface area contributed by atoms with Crippen molar-refractivity contribution >= 4 is 22.6 Å². The highest BCUT2D eigenvalue weighted by atomic mass is 19.4. The number of nitrogens with two attached hydrogens (primary N) is 1. The number of anilines is 1. The van der Waals surface area contributed by atoms with Crippen molar-refractivity contribution in [3.63, 3.8) is 0 Å². The largest absolute Gasteiger partial charge is 0.418 e. The van der Waals surface area contributed by atoms with Gasteiger partial charge in [-0.3, -0.25) is 9.58 Å². The molecule has 1 atom stereocenters. The monoisotopic (exact) mass is 548 g/mol. The maximum atomic E-state index is 14.5. The van der Waals surface area contributed by atoms with Crippen molar-refractivity contribution in [3.8, 4) is 11.3 Å². The summed E-state index contributed by atoms with van der Waals surface area (Å²) in [7, 11) is 0. The molecule has 3 aromatic carbocycles. The second-order valence-electron chi connectivity index (χ2n) is 9.18. The molecule has 0 bridgehead atoms. The van der Waals surface area contributed by atoms with Crippen LogP contribution < -0.4 is 10.6 Å². The fraction of sp³-hybridized carbons (Fsp3) is 0.259. The second kappa shape index (κ2) is 10.3. The number of benzene rings is 3. The van der Waals surface area contributed by atoms with E-state index in [0.29, 0.717) is 30.0 Å². The van der Waals surface area contributed by atoms with E-state index in [2.05, 4.69) is 5.10 Å². The lowest BCUT2D eigenvalue weighted by Crippen LogP contribution is -2.40. The van der Waals surface area contributed by atoms with Gasteiger partial charge < -0.3 is 10.5 Å². The fourth-order valence-corrected chi connectivity index (χ4v) is 4.79. The summed E-state index contributed by atoms with van der Waals surface area (Å²) >= 11 is 0. The van der Waals surface area contributed by atoms with Crippen LogP contribution in [0.25, 0.3) is 22.2 Å². The molecule has 204 valence electrons. The molecule has 6 nitrogen and oxygen atoms in total. The molecule has 2 heterocycles. The Balaban J connectivity index is 1.61. The third kappa shape index (κ3) is 5.29. The summed E-state index contributed by atoms with van der Waals surface area (Å²) in [6.45, 7) is 0.212. The first-order valence-electron chi connectivity index (χ1n) is 12.0. The number of hydrogen-bond acceptors (Lipinski definition) is 3. The van der Waals surface area contributed by atoms with Gasteiger partial charge in [0.1, 0.15) is 23.0 Å². The van der Waals surface area contributed by atoms with E-state index >= 15 is 0 Å². The zero-order chi connectivity index (χ0) is 27.9. The fourth-order valence-electron chi connectivity index (χ4n) is 4.79. The van der Waals surface area contributed by atoms with Crippen LogP contribution in [0.2, 0.25) is 0 Å². The average Bonchev–Trinajstić information content (AvgIpc) is 3.51. The molecule has 39 heavy (non-hydrogen) atoms. The Morgan fingerprint density at radius 3 is 2.36 bits per heavy atom. The number of urea groups is 1. The van der Waals surface area contributed by atoms with E-state index in [0.717, 1.165) is 23.6 Å². The van der Waals surface area contributed by atoms with Crippen molar-refractivity contribution in [2.45, 2.75) is 31.7 Å². The normalized spacial score (nSPS) is 15.7. The van der Waals surface area contributed by atoms with Crippen LogP contribution in [0, 0.1) is 17.5 Å². The molecule has 1 aliphatic heterocycles. The summed E-state index contributed by atoms with van der Waals surface area (Å²) in [6, 6.07) is 9.99. The van der Waals surface area contributed by atoms with Gasteiger partial charge in [0, 0.05) is 40.9 Å². The van der Waals surface area contributed by atoms with Crippen LogP contribution in [0.3, 0.4) is 0 Å². The molecule has 2 amide bonds. The van der Waals surface area contributed by atoms with Gasteiger partial charge in [0.2, 0.25) is 0 Å². The molecule has 2 N–H and O–H groups in total. The van der Waals surface area contributed by atoms with Gasteiger partial charge in [-0.2, -0.15) is 18.3 Å². The van der Waals surface area contributed by atoms with Crippen LogP contribution in [-0.2, 0) is 17.5 Å². The lowest BCUT2D eigenvalue weighted by Gasteiger charge is -2.24. The number of rotatable bonds is 6. The van der Waals surface area contributed by atoms with Crippen molar-refractivity contribution < 1.29 is 35.9 Å². The molecular weight excluding hydrogens is 526 g/mol. The van der Waals surface area contributed by atoms with Gasteiger partial charge in [0.15, 0.2) is 0 Å². The third-order valence-electron chi connectivity index (χ3n) is 6.62. The van der Waals surface area contributed by atoms with Crippen LogP contribution >= 0.6 is 0 Å². The first-order valence-corrected chi connectivity index (χ1v) is 12.0.